The molecule has 0 heterocycles. The molecule has 4 fully saturated rings. The molecule has 0 amide bonds. The lowest BCUT2D eigenvalue weighted by Crippen LogP contribution is -2.55. The molecular weight excluding hydrogens is 292 g/mol. The summed E-state index contributed by atoms with van der Waals surface area (Å²) in [6, 6.07) is 0. The van der Waals surface area contributed by atoms with Gasteiger partial charge in [-0.1, -0.05) is 0 Å². The van der Waals surface area contributed by atoms with E-state index < -0.39 is 30.3 Å². The van der Waals surface area contributed by atoms with Crippen molar-refractivity contribution in [2.24, 2.45) is 23.2 Å². The van der Waals surface area contributed by atoms with Crippen LogP contribution in [0.25, 0.3) is 0 Å². The maximum Gasteiger partial charge on any atom is 0.428 e. The SMILES string of the molecule is O=C1C2CC3CC1CC(C(=O)OC(CF)C(F)(F)F)(C3)C2. The summed E-state index contributed by atoms with van der Waals surface area (Å²) in [6.45, 7) is -1.78. The van der Waals surface area contributed by atoms with Crippen LogP contribution >= 0.6 is 0 Å². The monoisotopic (exact) mass is 308 g/mol. The molecule has 3 nitrogen and oxygen atoms in total. The zero-order chi connectivity index (χ0) is 15.4. The van der Waals surface area contributed by atoms with Crippen molar-refractivity contribution < 1.29 is 31.9 Å². The van der Waals surface area contributed by atoms with Gasteiger partial charge in [0.15, 0.2) is 0 Å². The average Bonchev–Trinajstić information content (AvgIpc) is 2.39. The molecule has 118 valence electrons. The van der Waals surface area contributed by atoms with Gasteiger partial charge in [0.25, 0.3) is 0 Å². The van der Waals surface area contributed by atoms with E-state index in [0.29, 0.717) is 6.42 Å². The van der Waals surface area contributed by atoms with Crippen molar-refractivity contribution in [1.29, 1.82) is 0 Å². The molecule has 0 spiro atoms. The summed E-state index contributed by atoms with van der Waals surface area (Å²) in [5.74, 6) is -1.12. The third-order valence-electron chi connectivity index (χ3n) is 5.18. The van der Waals surface area contributed by atoms with Gasteiger partial charge in [0.2, 0.25) is 6.10 Å². The lowest BCUT2D eigenvalue weighted by Gasteiger charge is -2.54. The fraction of sp³-hybridized carbons (Fsp3) is 0.857. The number of esters is 1. The third kappa shape index (κ3) is 2.34. The van der Waals surface area contributed by atoms with E-state index in [1.165, 1.54) is 0 Å². The van der Waals surface area contributed by atoms with Gasteiger partial charge in [-0.2, -0.15) is 13.2 Å². The van der Waals surface area contributed by atoms with E-state index in [1.54, 1.807) is 0 Å². The number of halogens is 4. The summed E-state index contributed by atoms with van der Waals surface area (Å²) < 4.78 is 54.6. The van der Waals surface area contributed by atoms with Crippen LogP contribution in [0, 0.1) is 23.2 Å². The first-order chi connectivity index (χ1) is 9.75. The Morgan fingerprint density at radius 1 is 1.24 bits per heavy atom. The molecule has 4 rings (SSSR count). The predicted molar refractivity (Wildman–Crippen MR) is 62.9 cm³/mol. The maximum absolute atomic E-state index is 12.5. The van der Waals surface area contributed by atoms with E-state index in [9.17, 15) is 27.2 Å². The van der Waals surface area contributed by atoms with Crippen LogP contribution in [0.15, 0.2) is 0 Å². The molecule has 0 aromatic rings. The molecule has 4 aliphatic carbocycles. The van der Waals surface area contributed by atoms with Gasteiger partial charge in [-0.25, -0.2) is 4.39 Å². The average molecular weight is 308 g/mol. The predicted octanol–water partition coefficient (Wildman–Crippen LogP) is 2.83. The molecule has 3 unspecified atom stereocenters. The van der Waals surface area contributed by atoms with Crippen molar-refractivity contribution in [3.8, 4) is 0 Å². The minimum absolute atomic E-state index is 0.132. The molecule has 0 aliphatic heterocycles. The number of alkyl halides is 4. The quantitative estimate of drug-likeness (QED) is 0.595. The van der Waals surface area contributed by atoms with Crippen LogP contribution in [0.3, 0.4) is 0 Å². The molecule has 21 heavy (non-hydrogen) atoms. The summed E-state index contributed by atoms with van der Waals surface area (Å²) >= 11 is 0. The van der Waals surface area contributed by atoms with E-state index >= 15 is 0 Å². The van der Waals surface area contributed by atoms with E-state index in [2.05, 4.69) is 4.74 Å². The number of carbonyl (C=O) groups is 2. The van der Waals surface area contributed by atoms with Gasteiger partial charge in [-0.15, -0.1) is 0 Å². The van der Waals surface area contributed by atoms with Gasteiger partial charge in [0.05, 0.1) is 5.41 Å². The topological polar surface area (TPSA) is 43.4 Å². The summed E-state index contributed by atoms with van der Waals surface area (Å²) in [5, 5.41) is 0. The van der Waals surface area contributed by atoms with Crippen LogP contribution in [0.5, 0.6) is 0 Å². The van der Waals surface area contributed by atoms with Gasteiger partial charge in [-0.3, -0.25) is 9.59 Å². The van der Waals surface area contributed by atoms with Crippen LogP contribution in [-0.2, 0) is 14.3 Å². The summed E-state index contributed by atoms with van der Waals surface area (Å²) in [6.07, 6.45) is -5.19. The van der Waals surface area contributed by atoms with E-state index in [-0.39, 0.29) is 36.4 Å². The number of ketones is 1. The standard InChI is InChI=1S/C14H16F4O3/c15-6-10(14(16,17)18)21-12(20)13-3-7-1-8(4-13)11(19)9(2-7)5-13/h7-10H,1-6H2. The maximum atomic E-state index is 12.5. The lowest BCUT2D eigenvalue weighted by atomic mass is 9.49. The fourth-order valence-corrected chi connectivity index (χ4v) is 4.44. The Balaban J connectivity index is 1.77. The molecule has 0 saturated heterocycles. The molecule has 4 bridgehead atoms. The smallest absolute Gasteiger partial charge is 0.428 e. The van der Waals surface area contributed by atoms with Crippen molar-refractivity contribution in [2.75, 3.05) is 6.67 Å². The van der Waals surface area contributed by atoms with Gasteiger partial charge in [0.1, 0.15) is 12.5 Å². The number of rotatable bonds is 3. The fourth-order valence-electron chi connectivity index (χ4n) is 4.44. The number of ether oxygens (including phenoxy) is 1. The van der Waals surface area contributed by atoms with E-state index in [1.807, 2.05) is 0 Å². The molecular formula is C14H16F4O3. The third-order valence-corrected chi connectivity index (χ3v) is 5.18. The number of hydrogen-bond donors (Lipinski definition) is 0. The van der Waals surface area contributed by atoms with E-state index in [0.717, 1.165) is 12.8 Å². The second kappa shape index (κ2) is 4.68. The number of Topliss-reactive ketones (excluding diaryl/α,β-unsaturated/α-hetero) is 1. The van der Waals surface area contributed by atoms with Crippen LogP contribution < -0.4 is 0 Å². The Labute approximate surface area is 119 Å². The van der Waals surface area contributed by atoms with Crippen LogP contribution in [0.4, 0.5) is 17.6 Å². The summed E-state index contributed by atoms with van der Waals surface area (Å²) in [4.78, 5) is 24.2. The highest BCUT2D eigenvalue weighted by molar-refractivity contribution is 5.89. The molecule has 7 heteroatoms. The molecule has 4 saturated carbocycles. The second-order valence-corrected chi connectivity index (χ2v) is 6.62. The van der Waals surface area contributed by atoms with Gasteiger partial charge < -0.3 is 4.74 Å². The Bertz CT molecular complexity index is 455. The Morgan fingerprint density at radius 3 is 2.29 bits per heavy atom. The van der Waals surface area contributed by atoms with Crippen molar-refractivity contribution >= 4 is 11.8 Å². The molecule has 4 aliphatic rings. The first-order valence-corrected chi connectivity index (χ1v) is 7.12. The van der Waals surface area contributed by atoms with Gasteiger partial charge >= 0.3 is 12.1 Å². The normalized spacial score (nSPS) is 39.4. The highest BCUT2D eigenvalue weighted by Crippen LogP contribution is 2.59. The van der Waals surface area contributed by atoms with Crippen molar-refractivity contribution in [1.82, 2.24) is 0 Å². The molecule has 0 radical (unpaired) electrons. The van der Waals surface area contributed by atoms with Crippen molar-refractivity contribution in [3.63, 3.8) is 0 Å². The minimum Gasteiger partial charge on any atom is -0.449 e. The Morgan fingerprint density at radius 2 is 1.81 bits per heavy atom. The molecule has 0 aromatic carbocycles. The highest BCUT2D eigenvalue weighted by atomic mass is 19.4. The van der Waals surface area contributed by atoms with Crippen LogP contribution in [0.1, 0.15) is 32.1 Å². The Kier molecular flexibility index (Phi) is 3.29. The largest absolute Gasteiger partial charge is 0.449 e. The lowest BCUT2D eigenvalue weighted by molar-refractivity contribution is -0.234. The summed E-state index contributed by atoms with van der Waals surface area (Å²) in [5.41, 5.74) is -1.01. The van der Waals surface area contributed by atoms with Gasteiger partial charge in [0, 0.05) is 11.8 Å². The highest BCUT2D eigenvalue weighted by Gasteiger charge is 2.60. The molecule has 0 N–H and O–H groups in total. The number of hydrogen-bond acceptors (Lipinski definition) is 3. The minimum atomic E-state index is -4.90. The van der Waals surface area contributed by atoms with Crippen LogP contribution in [-0.4, -0.2) is 30.7 Å². The zero-order valence-electron chi connectivity index (χ0n) is 11.3. The number of carbonyl (C=O) groups excluding carboxylic acids is 2. The first kappa shape index (κ1) is 14.8. The zero-order valence-corrected chi connectivity index (χ0v) is 11.3. The summed E-state index contributed by atoms with van der Waals surface area (Å²) in [7, 11) is 0. The Hall–Kier alpha value is -1.14. The van der Waals surface area contributed by atoms with E-state index in [4.69, 9.17) is 0 Å². The van der Waals surface area contributed by atoms with Crippen molar-refractivity contribution in [3.05, 3.63) is 0 Å². The second-order valence-electron chi connectivity index (χ2n) is 6.62. The van der Waals surface area contributed by atoms with Crippen molar-refractivity contribution in [2.45, 2.75) is 44.4 Å². The molecule has 0 aromatic heterocycles. The first-order valence-electron chi connectivity index (χ1n) is 7.12. The van der Waals surface area contributed by atoms with Gasteiger partial charge in [-0.05, 0) is 38.0 Å². The van der Waals surface area contributed by atoms with Crippen LogP contribution in [0.2, 0.25) is 0 Å². The molecule has 3 atom stereocenters.